The molecular formula is C14H20N2O. The SMILES string of the molecule is Cc1ccc(C(=O)N2CCC(N)C2(C)C)cc1. The molecule has 0 saturated carbocycles. The standard InChI is InChI=1S/C14H20N2O/c1-10-4-6-11(7-5-10)13(17)16-9-8-12(15)14(16,2)3/h4-7,12H,8-9,15H2,1-3H3. The second-order valence-corrected chi connectivity index (χ2v) is 5.37. The van der Waals surface area contributed by atoms with Gasteiger partial charge in [-0.05, 0) is 39.3 Å². The van der Waals surface area contributed by atoms with Gasteiger partial charge in [-0.1, -0.05) is 17.7 Å². The highest BCUT2D eigenvalue weighted by atomic mass is 16.2. The first kappa shape index (κ1) is 12.1. The molecule has 1 heterocycles. The van der Waals surface area contributed by atoms with Crippen LogP contribution in [-0.4, -0.2) is 28.9 Å². The minimum atomic E-state index is -0.248. The Balaban J connectivity index is 2.24. The fourth-order valence-corrected chi connectivity index (χ4v) is 2.32. The minimum absolute atomic E-state index is 0.0666. The van der Waals surface area contributed by atoms with Gasteiger partial charge in [0.15, 0.2) is 0 Å². The van der Waals surface area contributed by atoms with E-state index in [9.17, 15) is 4.79 Å². The van der Waals surface area contributed by atoms with Gasteiger partial charge in [-0.15, -0.1) is 0 Å². The van der Waals surface area contributed by atoms with Gasteiger partial charge in [0, 0.05) is 18.2 Å². The number of amides is 1. The molecule has 0 aromatic heterocycles. The molecule has 92 valence electrons. The van der Waals surface area contributed by atoms with E-state index in [-0.39, 0.29) is 17.5 Å². The zero-order valence-corrected chi connectivity index (χ0v) is 10.7. The average Bonchev–Trinajstić information content (AvgIpc) is 2.54. The fraction of sp³-hybridized carbons (Fsp3) is 0.500. The van der Waals surface area contributed by atoms with Crippen molar-refractivity contribution in [2.45, 2.75) is 38.8 Å². The number of carbonyl (C=O) groups is 1. The number of hydrogen-bond donors (Lipinski definition) is 1. The van der Waals surface area contributed by atoms with E-state index in [4.69, 9.17) is 5.73 Å². The zero-order valence-electron chi connectivity index (χ0n) is 10.7. The first-order valence-corrected chi connectivity index (χ1v) is 6.07. The van der Waals surface area contributed by atoms with Gasteiger partial charge >= 0.3 is 0 Å². The van der Waals surface area contributed by atoms with Gasteiger partial charge in [-0.25, -0.2) is 0 Å². The van der Waals surface area contributed by atoms with Crippen LogP contribution >= 0.6 is 0 Å². The molecule has 1 aliphatic rings. The Morgan fingerprint density at radius 2 is 1.94 bits per heavy atom. The van der Waals surface area contributed by atoms with Crippen LogP contribution in [0.4, 0.5) is 0 Å². The lowest BCUT2D eigenvalue weighted by Gasteiger charge is -2.34. The Kier molecular flexibility index (Phi) is 2.96. The van der Waals surface area contributed by atoms with Crippen LogP contribution in [0.25, 0.3) is 0 Å². The summed E-state index contributed by atoms with van der Waals surface area (Å²) in [7, 11) is 0. The molecule has 3 nitrogen and oxygen atoms in total. The van der Waals surface area contributed by atoms with E-state index < -0.39 is 0 Å². The van der Waals surface area contributed by atoms with Gasteiger partial charge < -0.3 is 10.6 Å². The summed E-state index contributed by atoms with van der Waals surface area (Å²) in [6, 6.07) is 7.78. The van der Waals surface area contributed by atoms with Crippen LogP contribution in [0, 0.1) is 6.92 Å². The van der Waals surface area contributed by atoms with E-state index in [1.165, 1.54) is 5.56 Å². The van der Waals surface area contributed by atoms with Crippen molar-refractivity contribution in [1.29, 1.82) is 0 Å². The van der Waals surface area contributed by atoms with E-state index in [2.05, 4.69) is 0 Å². The van der Waals surface area contributed by atoms with Gasteiger partial charge in [0.1, 0.15) is 0 Å². The smallest absolute Gasteiger partial charge is 0.254 e. The zero-order chi connectivity index (χ0) is 12.6. The average molecular weight is 232 g/mol. The van der Waals surface area contributed by atoms with Crippen LogP contribution in [0.1, 0.15) is 36.2 Å². The third kappa shape index (κ3) is 2.07. The second-order valence-electron chi connectivity index (χ2n) is 5.37. The van der Waals surface area contributed by atoms with Gasteiger partial charge in [0.2, 0.25) is 0 Å². The quantitative estimate of drug-likeness (QED) is 0.804. The highest BCUT2D eigenvalue weighted by Crippen LogP contribution is 2.29. The molecule has 1 aromatic rings. The van der Waals surface area contributed by atoms with Crippen molar-refractivity contribution >= 4 is 5.91 Å². The first-order valence-electron chi connectivity index (χ1n) is 6.07. The monoisotopic (exact) mass is 232 g/mol. The summed E-state index contributed by atoms with van der Waals surface area (Å²) in [5.41, 5.74) is 7.71. The molecule has 0 aliphatic carbocycles. The topological polar surface area (TPSA) is 46.3 Å². The van der Waals surface area contributed by atoms with Crippen LogP contribution in [0.15, 0.2) is 24.3 Å². The maximum Gasteiger partial charge on any atom is 0.254 e. The van der Waals surface area contributed by atoms with Crippen molar-refractivity contribution in [2.24, 2.45) is 5.73 Å². The van der Waals surface area contributed by atoms with Crippen molar-refractivity contribution in [3.05, 3.63) is 35.4 Å². The Morgan fingerprint density at radius 3 is 2.41 bits per heavy atom. The molecule has 0 radical (unpaired) electrons. The lowest BCUT2D eigenvalue weighted by molar-refractivity contribution is 0.0637. The molecule has 1 saturated heterocycles. The molecule has 17 heavy (non-hydrogen) atoms. The van der Waals surface area contributed by atoms with Crippen molar-refractivity contribution in [1.82, 2.24) is 4.90 Å². The highest BCUT2D eigenvalue weighted by molar-refractivity contribution is 5.95. The van der Waals surface area contributed by atoms with Gasteiger partial charge in [-0.3, -0.25) is 4.79 Å². The number of nitrogens with two attached hydrogens (primary N) is 1. The summed E-state index contributed by atoms with van der Waals surface area (Å²) in [6.07, 6.45) is 0.880. The number of carbonyl (C=O) groups excluding carboxylic acids is 1. The number of likely N-dealkylation sites (tertiary alicyclic amines) is 1. The van der Waals surface area contributed by atoms with E-state index in [0.29, 0.717) is 0 Å². The maximum atomic E-state index is 12.4. The molecule has 1 aromatic carbocycles. The van der Waals surface area contributed by atoms with E-state index in [0.717, 1.165) is 18.5 Å². The number of rotatable bonds is 1. The fourth-order valence-electron chi connectivity index (χ4n) is 2.32. The Labute approximate surface area is 103 Å². The molecule has 1 atom stereocenters. The van der Waals surface area contributed by atoms with E-state index in [1.807, 2.05) is 49.9 Å². The molecule has 1 unspecified atom stereocenters. The summed E-state index contributed by atoms with van der Waals surface area (Å²) in [5, 5.41) is 0. The van der Waals surface area contributed by atoms with E-state index in [1.54, 1.807) is 0 Å². The molecule has 1 fully saturated rings. The largest absolute Gasteiger partial charge is 0.332 e. The number of aryl methyl sites for hydroxylation is 1. The van der Waals surface area contributed by atoms with Gasteiger partial charge in [0.25, 0.3) is 5.91 Å². The summed E-state index contributed by atoms with van der Waals surface area (Å²) in [6.45, 7) is 6.85. The molecule has 0 spiro atoms. The molecule has 2 rings (SSSR count). The first-order chi connectivity index (χ1) is 7.93. The Bertz CT molecular complexity index is 422. The summed E-state index contributed by atoms with van der Waals surface area (Å²) in [4.78, 5) is 14.3. The maximum absolute atomic E-state index is 12.4. The number of nitrogens with zero attached hydrogens (tertiary/aromatic N) is 1. The van der Waals surface area contributed by atoms with Gasteiger partial charge in [-0.2, -0.15) is 0 Å². The predicted octanol–water partition coefficient (Wildman–Crippen LogP) is 1.95. The summed E-state index contributed by atoms with van der Waals surface area (Å²) >= 11 is 0. The predicted molar refractivity (Wildman–Crippen MR) is 68.9 cm³/mol. The van der Waals surface area contributed by atoms with Crippen molar-refractivity contribution < 1.29 is 4.79 Å². The molecule has 0 bridgehead atoms. The summed E-state index contributed by atoms with van der Waals surface area (Å²) < 4.78 is 0. The van der Waals surface area contributed by atoms with Crippen molar-refractivity contribution in [3.63, 3.8) is 0 Å². The Morgan fingerprint density at radius 1 is 1.35 bits per heavy atom. The number of hydrogen-bond acceptors (Lipinski definition) is 2. The van der Waals surface area contributed by atoms with Crippen LogP contribution in [0.5, 0.6) is 0 Å². The van der Waals surface area contributed by atoms with E-state index >= 15 is 0 Å². The lowest BCUT2D eigenvalue weighted by Crippen LogP contribution is -2.51. The van der Waals surface area contributed by atoms with Crippen LogP contribution < -0.4 is 5.73 Å². The van der Waals surface area contributed by atoms with Crippen LogP contribution in [0.2, 0.25) is 0 Å². The molecule has 1 aliphatic heterocycles. The third-order valence-electron chi connectivity index (χ3n) is 3.81. The normalized spacial score (nSPS) is 22.8. The van der Waals surface area contributed by atoms with Crippen molar-refractivity contribution in [3.8, 4) is 0 Å². The van der Waals surface area contributed by atoms with Crippen molar-refractivity contribution in [2.75, 3.05) is 6.54 Å². The third-order valence-corrected chi connectivity index (χ3v) is 3.81. The molecule has 3 heteroatoms. The highest BCUT2D eigenvalue weighted by Gasteiger charge is 2.41. The number of benzene rings is 1. The second kappa shape index (κ2) is 4.15. The Hall–Kier alpha value is -1.35. The molecule has 1 amide bonds. The molecular weight excluding hydrogens is 212 g/mol. The van der Waals surface area contributed by atoms with Crippen LogP contribution in [0.3, 0.4) is 0 Å². The molecule has 2 N–H and O–H groups in total. The van der Waals surface area contributed by atoms with Gasteiger partial charge in [0.05, 0.1) is 5.54 Å². The minimum Gasteiger partial charge on any atom is -0.332 e. The summed E-state index contributed by atoms with van der Waals surface area (Å²) in [5.74, 6) is 0.0861. The van der Waals surface area contributed by atoms with Crippen LogP contribution in [-0.2, 0) is 0 Å². The lowest BCUT2D eigenvalue weighted by atomic mass is 9.96.